The van der Waals surface area contributed by atoms with E-state index in [2.05, 4.69) is 5.32 Å². The molecule has 0 fully saturated rings. The Hall–Kier alpha value is -3.42. The third-order valence-electron chi connectivity index (χ3n) is 5.75. The predicted octanol–water partition coefficient (Wildman–Crippen LogP) is 2.75. The molecule has 10 nitrogen and oxygen atoms in total. The molecule has 0 saturated heterocycles. The summed E-state index contributed by atoms with van der Waals surface area (Å²) in [5.41, 5.74) is -0.278. The molecule has 0 spiro atoms. The highest BCUT2D eigenvalue weighted by Crippen LogP contribution is 2.42. The Bertz CT molecular complexity index is 1530. The Morgan fingerprint density at radius 1 is 1.17 bits per heavy atom. The second kappa shape index (κ2) is 8.61. The Balaban J connectivity index is 1.74. The number of nitrogens with two attached hydrogens (primary N) is 1. The van der Waals surface area contributed by atoms with Crippen LogP contribution < -0.4 is 15.2 Å². The van der Waals surface area contributed by atoms with Gasteiger partial charge >= 0.3 is 0 Å². The van der Waals surface area contributed by atoms with Gasteiger partial charge in [-0.05, 0) is 41.3 Å². The van der Waals surface area contributed by atoms with E-state index in [4.69, 9.17) is 5.14 Å². The number of nitrogens with one attached hydrogen (secondary N) is 2. The molecular formula is C23H25FN4O6S2. The Morgan fingerprint density at radius 3 is 2.39 bits per heavy atom. The van der Waals surface area contributed by atoms with E-state index in [-0.39, 0.29) is 39.8 Å². The minimum Gasteiger partial charge on any atom is -0.509 e. The van der Waals surface area contributed by atoms with Crippen molar-refractivity contribution in [1.29, 1.82) is 0 Å². The molecule has 1 amide bonds. The second-order valence-corrected chi connectivity index (χ2v) is 12.7. The number of rotatable bonds is 5. The van der Waals surface area contributed by atoms with E-state index >= 15 is 0 Å². The van der Waals surface area contributed by atoms with Crippen molar-refractivity contribution in [3.63, 3.8) is 0 Å². The monoisotopic (exact) mass is 536 g/mol. The number of nitrogens with zero attached hydrogens (tertiary/aromatic N) is 1. The fraction of sp³-hybridized carbons (Fsp3) is 0.261. The number of hydrogen-bond acceptors (Lipinski definition) is 7. The van der Waals surface area contributed by atoms with Crippen LogP contribution in [0.2, 0.25) is 0 Å². The zero-order chi connectivity index (χ0) is 26.6. The first kappa shape index (κ1) is 25.7. The number of halogens is 1. The first-order chi connectivity index (χ1) is 16.6. The first-order valence-corrected chi connectivity index (χ1v) is 13.8. The molecule has 0 radical (unpaired) electrons. The van der Waals surface area contributed by atoms with Crippen molar-refractivity contribution >= 4 is 37.3 Å². The lowest BCUT2D eigenvalue weighted by molar-refractivity contribution is -0.129. The summed E-state index contributed by atoms with van der Waals surface area (Å²) in [4.78, 5) is 14.7. The van der Waals surface area contributed by atoms with Gasteiger partial charge in [-0.15, -0.1) is 0 Å². The first-order valence-electron chi connectivity index (χ1n) is 10.7. The summed E-state index contributed by atoms with van der Waals surface area (Å²) in [6, 6.07) is 8.54. The summed E-state index contributed by atoms with van der Waals surface area (Å²) >= 11 is 0. The van der Waals surface area contributed by atoms with E-state index in [1.807, 2.05) is 25.5 Å². The van der Waals surface area contributed by atoms with Crippen molar-refractivity contribution in [3.05, 3.63) is 76.3 Å². The number of fused-ring (bicyclic) bond motifs is 1. The lowest BCUT2D eigenvalue weighted by Gasteiger charge is -2.35. The van der Waals surface area contributed by atoms with Crippen LogP contribution in [0, 0.1) is 11.2 Å². The maximum atomic E-state index is 13.5. The van der Waals surface area contributed by atoms with Gasteiger partial charge in [0.25, 0.3) is 16.1 Å². The van der Waals surface area contributed by atoms with Crippen LogP contribution in [0.15, 0.2) is 69.8 Å². The Kier molecular flexibility index (Phi) is 6.14. The predicted molar refractivity (Wildman–Crippen MR) is 132 cm³/mol. The van der Waals surface area contributed by atoms with Crippen molar-refractivity contribution in [1.82, 2.24) is 4.90 Å². The van der Waals surface area contributed by atoms with Crippen molar-refractivity contribution in [2.75, 3.05) is 10.0 Å². The number of carbonyl (C=O) groups excluding carboxylic acids is 1. The number of hydrogen-bond donors (Lipinski definition) is 4. The van der Waals surface area contributed by atoms with E-state index in [1.165, 1.54) is 41.3 Å². The summed E-state index contributed by atoms with van der Waals surface area (Å²) in [6.07, 6.45) is 0. The van der Waals surface area contributed by atoms with Gasteiger partial charge in [-0.2, -0.15) is 8.42 Å². The Morgan fingerprint density at radius 2 is 1.81 bits per heavy atom. The molecule has 2 heterocycles. The highest BCUT2D eigenvalue weighted by molar-refractivity contribution is 7.94. The highest BCUT2D eigenvalue weighted by Gasteiger charge is 2.47. The number of aliphatic hydroxyl groups is 1. The molecule has 2 aromatic rings. The Labute approximate surface area is 208 Å². The van der Waals surface area contributed by atoms with Gasteiger partial charge in [-0.3, -0.25) is 9.52 Å². The topological polar surface area (TPSA) is 159 Å². The van der Waals surface area contributed by atoms with Crippen LogP contribution in [0.4, 0.5) is 15.8 Å². The van der Waals surface area contributed by atoms with E-state index in [1.54, 1.807) is 0 Å². The van der Waals surface area contributed by atoms with E-state index in [9.17, 15) is 31.1 Å². The van der Waals surface area contributed by atoms with Gasteiger partial charge in [0.15, 0.2) is 0 Å². The molecule has 0 aliphatic carbocycles. The molecule has 0 saturated carbocycles. The minimum atomic E-state index is -4.15. The SMILES string of the molecule is CC(C)(C)[C@H]1C(O)=C(C2=CS(=O)(=O)c3cc(NS(N)(=O)=O)ccc3N2)C(=O)N1Cc1ccc(F)cc1. The van der Waals surface area contributed by atoms with Crippen molar-refractivity contribution < 1.29 is 31.1 Å². The third-order valence-corrected chi connectivity index (χ3v) is 7.76. The van der Waals surface area contributed by atoms with Gasteiger partial charge in [0.05, 0.1) is 33.4 Å². The molecule has 0 bridgehead atoms. The molecule has 2 aliphatic heterocycles. The third kappa shape index (κ3) is 4.94. The molecule has 13 heteroatoms. The molecule has 192 valence electrons. The van der Waals surface area contributed by atoms with Crippen molar-refractivity contribution in [3.8, 4) is 0 Å². The van der Waals surface area contributed by atoms with Gasteiger partial charge in [-0.25, -0.2) is 17.9 Å². The van der Waals surface area contributed by atoms with Crippen LogP contribution >= 0.6 is 0 Å². The van der Waals surface area contributed by atoms with Crippen LogP contribution in [0.5, 0.6) is 0 Å². The normalized spacial score (nSPS) is 19.6. The minimum absolute atomic E-state index is 0.0595. The standard InChI is InChI=1S/C23H25FN4O6S2/c1-23(2,3)21-20(29)19(22(30)28(21)11-13-4-6-14(24)7-5-13)17-12-35(31,32)18-10-15(27-36(25,33)34)8-9-16(18)26-17/h4-10,12,21,26-27,29H,11H2,1-3H3,(H2,25,33,34)/t21-/m1/s1. The van der Waals surface area contributed by atoms with E-state index in [0.29, 0.717) is 5.56 Å². The number of benzene rings is 2. The number of amides is 1. The van der Waals surface area contributed by atoms with Gasteiger partial charge in [0.1, 0.15) is 17.1 Å². The zero-order valence-corrected chi connectivity index (χ0v) is 21.2. The fourth-order valence-electron chi connectivity index (χ4n) is 4.34. The lowest BCUT2D eigenvalue weighted by atomic mass is 9.85. The van der Waals surface area contributed by atoms with Crippen LogP contribution in [0.1, 0.15) is 26.3 Å². The maximum absolute atomic E-state index is 13.5. The maximum Gasteiger partial charge on any atom is 0.296 e. The molecule has 0 aromatic heterocycles. The molecule has 36 heavy (non-hydrogen) atoms. The lowest BCUT2D eigenvalue weighted by Crippen LogP contribution is -2.43. The van der Waals surface area contributed by atoms with Gasteiger partial charge in [0.2, 0.25) is 9.84 Å². The van der Waals surface area contributed by atoms with Gasteiger partial charge in [0, 0.05) is 6.54 Å². The number of sulfone groups is 1. The summed E-state index contributed by atoms with van der Waals surface area (Å²) in [6.45, 7) is 5.55. The summed E-state index contributed by atoms with van der Waals surface area (Å²) in [5, 5.41) is 19.8. The molecule has 0 unspecified atom stereocenters. The summed E-state index contributed by atoms with van der Waals surface area (Å²) < 4.78 is 64.1. The summed E-state index contributed by atoms with van der Waals surface area (Å²) in [5.74, 6) is -1.32. The fourth-order valence-corrected chi connectivity index (χ4v) is 6.12. The average molecular weight is 537 g/mol. The molecule has 2 aliphatic rings. The molecular weight excluding hydrogens is 511 g/mol. The van der Waals surface area contributed by atoms with Gasteiger partial charge in [-0.1, -0.05) is 32.9 Å². The smallest absolute Gasteiger partial charge is 0.296 e. The van der Waals surface area contributed by atoms with Crippen LogP contribution in [0.3, 0.4) is 0 Å². The average Bonchev–Trinajstić information content (AvgIpc) is 2.98. The van der Waals surface area contributed by atoms with Crippen LogP contribution in [0.25, 0.3) is 0 Å². The molecule has 4 rings (SSSR count). The molecule has 1 atom stereocenters. The largest absolute Gasteiger partial charge is 0.509 e. The second-order valence-electron chi connectivity index (χ2n) is 9.65. The number of anilines is 2. The van der Waals surface area contributed by atoms with Crippen LogP contribution in [-0.4, -0.2) is 38.8 Å². The number of carbonyl (C=O) groups is 1. The van der Waals surface area contributed by atoms with E-state index in [0.717, 1.165) is 11.5 Å². The summed E-state index contributed by atoms with van der Waals surface area (Å²) in [7, 11) is -8.27. The van der Waals surface area contributed by atoms with Crippen molar-refractivity contribution in [2.45, 2.75) is 38.3 Å². The van der Waals surface area contributed by atoms with E-state index < -0.39 is 43.2 Å². The quantitative estimate of drug-likeness (QED) is 0.457. The molecule has 5 N–H and O–H groups in total. The van der Waals surface area contributed by atoms with Crippen LogP contribution in [-0.2, 0) is 31.4 Å². The van der Waals surface area contributed by atoms with Crippen molar-refractivity contribution in [2.24, 2.45) is 10.6 Å². The number of aliphatic hydroxyl groups excluding tert-OH is 1. The zero-order valence-electron chi connectivity index (χ0n) is 19.6. The highest BCUT2D eigenvalue weighted by atomic mass is 32.2. The van der Waals surface area contributed by atoms with Gasteiger partial charge < -0.3 is 15.3 Å². The molecule has 2 aromatic carbocycles.